The highest BCUT2D eigenvalue weighted by Crippen LogP contribution is 2.65. The zero-order chi connectivity index (χ0) is 29.0. The van der Waals surface area contributed by atoms with Gasteiger partial charge in [0.15, 0.2) is 5.82 Å². The Morgan fingerprint density at radius 3 is 2.28 bits per heavy atom. The third-order valence-electron chi connectivity index (χ3n) is 6.23. The first-order chi connectivity index (χ1) is 18.1. The number of alkyl halides is 5. The Morgan fingerprint density at radius 2 is 1.64 bits per heavy atom. The molecule has 0 heterocycles. The van der Waals surface area contributed by atoms with Gasteiger partial charge in [0, 0.05) is 18.7 Å². The maximum atomic E-state index is 14.4. The van der Waals surface area contributed by atoms with Crippen molar-refractivity contribution in [3.8, 4) is 0 Å². The van der Waals surface area contributed by atoms with Crippen LogP contribution in [0, 0.1) is 23.4 Å². The molecule has 5 nitrogen and oxygen atoms in total. The molecule has 2 amide bonds. The topological polar surface area (TPSA) is 75.4 Å². The lowest BCUT2D eigenvalue weighted by atomic mass is 10.0. The second-order valence-corrected chi connectivity index (χ2v) is 10.6. The molecule has 2 unspecified atom stereocenters. The summed E-state index contributed by atoms with van der Waals surface area (Å²) in [6.45, 7) is 0. The number of rotatable bonds is 5. The minimum atomic E-state index is -4.98. The largest absolute Gasteiger partial charge is 0.419 e. The number of nitrogens with two attached hydrogens (primary N) is 1. The van der Waals surface area contributed by atoms with Gasteiger partial charge < -0.3 is 16.0 Å². The highest BCUT2D eigenvalue weighted by Gasteiger charge is 2.67. The predicted molar refractivity (Wildman–Crippen MR) is 136 cm³/mol. The molecular formula is C25H16Cl3F6N3O2. The number of hydrogen-bond donors (Lipinski definition) is 2. The first-order valence-corrected chi connectivity index (χ1v) is 12.1. The Bertz CT molecular complexity index is 1500. The number of carbonyl (C=O) groups is 2. The average molecular weight is 611 g/mol. The Morgan fingerprint density at radius 1 is 1.00 bits per heavy atom. The van der Waals surface area contributed by atoms with Crippen molar-refractivity contribution in [3.63, 3.8) is 0 Å². The number of carbonyl (C=O) groups excluding carboxylic acids is 2. The molecule has 2 atom stereocenters. The van der Waals surface area contributed by atoms with E-state index in [1.807, 2.05) is 0 Å². The van der Waals surface area contributed by atoms with E-state index in [0.717, 1.165) is 23.1 Å². The van der Waals surface area contributed by atoms with Crippen LogP contribution in [0.3, 0.4) is 0 Å². The minimum Gasteiger partial charge on any atom is -0.394 e. The van der Waals surface area contributed by atoms with Gasteiger partial charge in [0.05, 0.1) is 27.8 Å². The van der Waals surface area contributed by atoms with Crippen molar-refractivity contribution in [3.05, 3.63) is 87.7 Å². The summed E-state index contributed by atoms with van der Waals surface area (Å²) in [5, 5.41) is 2.40. The van der Waals surface area contributed by atoms with Gasteiger partial charge in [0.25, 0.3) is 5.91 Å². The van der Waals surface area contributed by atoms with E-state index >= 15 is 0 Å². The van der Waals surface area contributed by atoms with Crippen molar-refractivity contribution >= 4 is 63.7 Å². The number of amides is 2. The maximum Gasteiger partial charge on any atom is 0.419 e. The highest BCUT2D eigenvalue weighted by molar-refractivity contribution is 6.53. The van der Waals surface area contributed by atoms with E-state index in [2.05, 4.69) is 5.32 Å². The molecule has 4 rings (SSSR count). The van der Waals surface area contributed by atoms with E-state index in [4.69, 9.17) is 40.5 Å². The summed E-state index contributed by atoms with van der Waals surface area (Å²) in [4.78, 5) is 26.8. The molecule has 3 aromatic rings. The molecule has 14 heteroatoms. The lowest BCUT2D eigenvalue weighted by Crippen LogP contribution is -2.28. The molecule has 1 saturated carbocycles. The molecular weight excluding hydrogens is 595 g/mol. The number of benzene rings is 3. The fourth-order valence-electron chi connectivity index (χ4n) is 4.12. The monoisotopic (exact) mass is 609 g/mol. The first-order valence-electron chi connectivity index (χ1n) is 10.9. The molecule has 206 valence electrons. The molecule has 39 heavy (non-hydrogen) atoms. The smallest absolute Gasteiger partial charge is 0.394 e. The fourth-order valence-corrected chi connectivity index (χ4v) is 5.14. The van der Waals surface area contributed by atoms with Crippen LogP contribution in [0.2, 0.25) is 5.02 Å². The predicted octanol–water partition coefficient (Wildman–Crippen LogP) is 7.16. The average Bonchev–Trinajstić information content (AvgIpc) is 3.44. The van der Waals surface area contributed by atoms with Crippen LogP contribution in [0.1, 0.15) is 27.4 Å². The minimum absolute atomic E-state index is 0.0325. The Balaban J connectivity index is 1.56. The number of anilines is 3. The van der Waals surface area contributed by atoms with E-state index in [1.165, 1.54) is 25.2 Å². The molecule has 1 aliphatic rings. The second-order valence-electron chi connectivity index (χ2n) is 8.71. The van der Waals surface area contributed by atoms with E-state index in [1.54, 1.807) is 0 Å². The van der Waals surface area contributed by atoms with Crippen LogP contribution in [0.5, 0.6) is 0 Å². The zero-order valence-corrected chi connectivity index (χ0v) is 21.8. The van der Waals surface area contributed by atoms with E-state index in [-0.39, 0.29) is 27.5 Å². The third kappa shape index (κ3) is 5.35. The van der Waals surface area contributed by atoms with Crippen LogP contribution >= 0.6 is 34.8 Å². The number of nitrogens with zero attached hydrogens (tertiary/aromatic N) is 1. The van der Waals surface area contributed by atoms with Crippen molar-refractivity contribution in [2.45, 2.75) is 16.4 Å². The molecule has 1 aliphatic carbocycles. The molecule has 0 saturated heterocycles. The number of nitrogen functional groups attached to an aromatic ring is 1. The lowest BCUT2D eigenvalue weighted by molar-refractivity contribution is -0.140. The fraction of sp³-hybridized carbons (Fsp3) is 0.200. The Labute approximate surface area is 232 Å². The van der Waals surface area contributed by atoms with Gasteiger partial charge in [-0.3, -0.25) is 9.59 Å². The van der Waals surface area contributed by atoms with Crippen molar-refractivity contribution in [2.75, 3.05) is 23.0 Å². The molecule has 3 aromatic carbocycles. The molecule has 0 aliphatic heterocycles. The second kappa shape index (κ2) is 10.1. The summed E-state index contributed by atoms with van der Waals surface area (Å²) in [5.41, 5.74) is 2.47. The number of halogens is 9. The molecule has 1 fully saturated rings. The van der Waals surface area contributed by atoms with Crippen LogP contribution in [-0.4, -0.2) is 23.2 Å². The van der Waals surface area contributed by atoms with Gasteiger partial charge in [0.1, 0.15) is 21.7 Å². The van der Waals surface area contributed by atoms with Crippen LogP contribution in [0.4, 0.5) is 43.4 Å². The standard InChI is InChI=1S/C25H16Cl3F6N3O2/c1-37(17-7-6-16(30)21(35)20(17)31)23(39)12-9-11(3-4-14(12)26)36-22(38)19-18(24(19,27)28)10-2-5-15(29)13(8-10)25(32,33)34/h2-9,18-19H,35H2,1H3,(H,36,38). The van der Waals surface area contributed by atoms with E-state index in [0.29, 0.717) is 12.1 Å². The van der Waals surface area contributed by atoms with Gasteiger partial charge in [0.2, 0.25) is 5.91 Å². The van der Waals surface area contributed by atoms with Crippen LogP contribution < -0.4 is 16.0 Å². The van der Waals surface area contributed by atoms with E-state index < -0.39 is 62.9 Å². The quantitative estimate of drug-likeness (QED) is 0.183. The van der Waals surface area contributed by atoms with Crippen molar-refractivity contribution in [2.24, 2.45) is 5.92 Å². The maximum absolute atomic E-state index is 14.4. The van der Waals surface area contributed by atoms with Crippen LogP contribution in [-0.2, 0) is 11.0 Å². The van der Waals surface area contributed by atoms with Gasteiger partial charge in [-0.2, -0.15) is 13.2 Å². The SMILES string of the molecule is CN(C(=O)c1cc(NC(=O)C2C(c3ccc(F)c(C(F)(F)F)c3)C2(Cl)Cl)ccc1Cl)c1ccc(F)c(N)c1F. The van der Waals surface area contributed by atoms with Gasteiger partial charge in [-0.15, -0.1) is 23.2 Å². The number of nitrogens with one attached hydrogen (secondary N) is 1. The Hall–Kier alpha value is -3.15. The number of hydrogen-bond acceptors (Lipinski definition) is 3. The Kier molecular flexibility index (Phi) is 7.48. The van der Waals surface area contributed by atoms with Crippen LogP contribution in [0.25, 0.3) is 0 Å². The summed E-state index contributed by atoms with van der Waals surface area (Å²) in [6, 6.07) is 7.86. The molecule has 0 spiro atoms. The molecule has 0 bridgehead atoms. The zero-order valence-electron chi connectivity index (χ0n) is 19.5. The summed E-state index contributed by atoms with van der Waals surface area (Å²) >= 11 is 18.6. The van der Waals surface area contributed by atoms with Gasteiger partial charge in [-0.1, -0.05) is 17.7 Å². The van der Waals surface area contributed by atoms with E-state index in [9.17, 15) is 35.9 Å². The van der Waals surface area contributed by atoms with Gasteiger partial charge in [-0.25, -0.2) is 13.2 Å². The normalized spacial score (nSPS) is 18.0. The highest BCUT2D eigenvalue weighted by atomic mass is 35.5. The summed E-state index contributed by atoms with van der Waals surface area (Å²) < 4.78 is 79.3. The lowest BCUT2D eigenvalue weighted by Gasteiger charge is -2.20. The summed E-state index contributed by atoms with van der Waals surface area (Å²) in [6.07, 6.45) is -4.98. The molecule has 3 N–H and O–H groups in total. The van der Waals surface area contributed by atoms with Crippen molar-refractivity contribution < 1.29 is 35.9 Å². The summed E-state index contributed by atoms with van der Waals surface area (Å²) in [7, 11) is 1.20. The molecule has 0 aromatic heterocycles. The van der Waals surface area contributed by atoms with Gasteiger partial charge >= 0.3 is 6.18 Å². The van der Waals surface area contributed by atoms with Gasteiger partial charge in [-0.05, 0) is 48.0 Å². The molecule has 0 radical (unpaired) electrons. The van der Waals surface area contributed by atoms with Crippen molar-refractivity contribution in [1.29, 1.82) is 0 Å². The third-order valence-corrected chi connectivity index (χ3v) is 7.50. The van der Waals surface area contributed by atoms with Crippen molar-refractivity contribution in [1.82, 2.24) is 0 Å². The van der Waals surface area contributed by atoms with Crippen LogP contribution in [0.15, 0.2) is 48.5 Å². The first kappa shape index (κ1) is 28.8. The summed E-state index contributed by atoms with van der Waals surface area (Å²) in [5.74, 6) is -7.61.